The van der Waals surface area contributed by atoms with E-state index in [-0.39, 0.29) is 17.7 Å². The minimum atomic E-state index is 0.0479. The molecule has 1 heterocycles. The fraction of sp³-hybridized carbons (Fsp3) is 0.556. The Morgan fingerprint density at radius 2 is 1.61 bits per heavy atom. The molecule has 0 radical (unpaired) electrons. The zero-order valence-electron chi connectivity index (χ0n) is 14.1. The molecular formula is C18H24N2O3. The highest BCUT2D eigenvalue weighted by molar-refractivity contribution is 5.96. The van der Waals surface area contributed by atoms with Crippen molar-refractivity contribution in [3.8, 4) is 5.75 Å². The van der Waals surface area contributed by atoms with Crippen molar-refractivity contribution in [1.82, 2.24) is 9.80 Å². The van der Waals surface area contributed by atoms with Gasteiger partial charge in [-0.2, -0.15) is 0 Å². The number of nitrogens with zero attached hydrogens (tertiary/aromatic N) is 2. The van der Waals surface area contributed by atoms with Crippen molar-refractivity contribution >= 4 is 11.8 Å². The maximum atomic E-state index is 12.8. The topological polar surface area (TPSA) is 49.9 Å². The lowest BCUT2D eigenvalue weighted by molar-refractivity contribution is -0.134. The number of hydrogen-bond acceptors (Lipinski definition) is 3. The fourth-order valence-corrected chi connectivity index (χ4v) is 3.14. The van der Waals surface area contributed by atoms with Crippen molar-refractivity contribution in [2.75, 3.05) is 33.3 Å². The van der Waals surface area contributed by atoms with Crippen LogP contribution >= 0.6 is 0 Å². The van der Waals surface area contributed by atoms with Crippen LogP contribution in [0.25, 0.3) is 0 Å². The van der Waals surface area contributed by atoms with Gasteiger partial charge in [0, 0.05) is 37.7 Å². The van der Waals surface area contributed by atoms with Crippen LogP contribution in [0.2, 0.25) is 0 Å². The molecule has 0 atom stereocenters. The number of rotatable bonds is 3. The molecule has 0 unspecified atom stereocenters. The molecule has 1 aliphatic heterocycles. The first-order valence-corrected chi connectivity index (χ1v) is 8.25. The summed E-state index contributed by atoms with van der Waals surface area (Å²) in [5.74, 6) is 1.38. The summed E-state index contributed by atoms with van der Waals surface area (Å²) >= 11 is 0. The van der Waals surface area contributed by atoms with Crippen molar-refractivity contribution < 1.29 is 14.3 Å². The number of carbonyl (C=O) groups is 2. The molecule has 1 aromatic carbocycles. The van der Waals surface area contributed by atoms with E-state index in [1.165, 1.54) is 0 Å². The van der Waals surface area contributed by atoms with E-state index in [1.54, 1.807) is 7.11 Å². The summed E-state index contributed by atoms with van der Waals surface area (Å²) in [6.07, 6.45) is 2.06. The van der Waals surface area contributed by atoms with Crippen LogP contribution in [0.4, 0.5) is 0 Å². The van der Waals surface area contributed by atoms with Gasteiger partial charge >= 0.3 is 0 Å². The standard InChI is InChI=1S/C18H24N2O3/c1-12-13(2)16(23-3)7-6-15(12)18(22)20-10-8-19(9-11-20)17(21)14-4-5-14/h6-7,14H,4-5,8-11H2,1-3H3. The monoisotopic (exact) mass is 316 g/mol. The molecule has 0 bridgehead atoms. The van der Waals surface area contributed by atoms with Gasteiger partial charge in [0.25, 0.3) is 5.91 Å². The summed E-state index contributed by atoms with van der Waals surface area (Å²) in [6, 6.07) is 3.69. The van der Waals surface area contributed by atoms with Crippen LogP contribution in [0.3, 0.4) is 0 Å². The Morgan fingerprint density at radius 3 is 2.17 bits per heavy atom. The second-order valence-electron chi connectivity index (χ2n) is 6.46. The summed E-state index contributed by atoms with van der Waals surface area (Å²) in [6.45, 7) is 6.45. The van der Waals surface area contributed by atoms with Crippen LogP contribution in [0, 0.1) is 19.8 Å². The highest BCUT2D eigenvalue weighted by atomic mass is 16.5. The van der Waals surface area contributed by atoms with E-state index in [0.717, 1.165) is 35.3 Å². The minimum Gasteiger partial charge on any atom is -0.496 e. The van der Waals surface area contributed by atoms with E-state index in [2.05, 4.69) is 0 Å². The lowest BCUT2D eigenvalue weighted by Gasteiger charge is -2.35. The van der Waals surface area contributed by atoms with Gasteiger partial charge < -0.3 is 14.5 Å². The van der Waals surface area contributed by atoms with Gasteiger partial charge in [-0.15, -0.1) is 0 Å². The van der Waals surface area contributed by atoms with Gasteiger partial charge in [0.2, 0.25) is 5.91 Å². The highest BCUT2D eigenvalue weighted by Gasteiger charge is 2.35. The average molecular weight is 316 g/mol. The second kappa shape index (κ2) is 6.22. The molecule has 1 aromatic rings. The van der Waals surface area contributed by atoms with Crippen molar-refractivity contribution in [2.45, 2.75) is 26.7 Å². The van der Waals surface area contributed by atoms with Crippen molar-refractivity contribution in [3.63, 3.8) is 0 Å². The quantitative estimate of drug-likeness (QED) is 0.857. The summed E-state index contributed by atoms with van der Waals surface area (Å²) in [5, 5.41) is 0. The van der Waals surface area contributed by atoms with Gasteiger partial charge in [-0.1, -0.05) is 0 Å². The molecule has 1 saturated carbocycles. The first-order chi connectivity index (χ1) is 11.0. The molecule has 124 valence electrons. The molecule has 1 saturated heterocycles. The summed E-state index contributed by atoms with van der Waals surface area (Å²) in [4.78, 5) is 28.6. The molecule has 2 amide bonds. The Bertz CT molecular complexity index is 629. The third-order valence-electron chi connectivity index (χ3n) is 4.99. The number of methoxy groups -OCH3 is 1. The van der Waals surface area contributed by atoms with Crippen molar-refractivity contribution in [1.29, 1.82) is 0 Å². The van der Waals surface area contributed by atoms with E-state index in [4.69, 9.17) is 4.74 Å². The summed E-state index contributed by atoms with van der Waals surface area (Å²) < 4.78 is 5.31. The van der Waals surface area contributed by atoms with Gasteiger partial charge in [0.15, 0.2) is 0 Å². The Balaban J connectivity index is 1.67. The summed E-state index contributed by atoms with van der Waals surface area (Å²) in [7, 11) is 1.64. The SMILES string of the molecule is COc1ccc(C(=O)N2CCN(C(=O)C3CC3)CC2)c(C)c1C. The number of ether oxygens (including phenoxy) is 1. The molecule has 5 nitrogen and oxygen atoms in total. The molecule has 2 fully saturated rings. The fourth-order valence-electron chi connectivity index (χ4n) is 3.14. The van der Waals surface area contributed by atoms with Crippen LogP contribution < -0.4 is 4.74 Å². The molecular weight excluding hydrogens is 292 g/mol. The Morgan fingerprint density at radius 1 is 1.00 bits per heavy atom. The van der Waals surface area contributed by atoms with Crippen LogP contribution in [-0.2, 0) is 4.79 Å². The predicted octanol–water partition coefficient (Wildman–Crippen LogP) is 2.01. The van der Waals surface area contributed by atoms with E-state index < -0.39 is 0 Å². The Hall–Kier alpha value is -2.04. The number of piperazine rings is 1. The largest absolute Gasteiger partial charge is 0.496 e. The smallest absolute Gasteiger partial charge is 0.254 e. The second-order valence-corrected chi connectivity index (χ2v) is 6.46. The maximum Gasteiger partial charge on any atom is 0.254 e. The molecule has 0 aromatic heterocycles. The predicted molar refractivity (Wildman–Crippen MR) is 87.7 cm³/mol. The van der Waals surface area contributed by atoms with Crippen LogP contribution in [0.5, 0.6) is 5.75 Å². The first kappa shape index (κ1) is 15.8. The number of carbonyl (C=O) groups excluding carboxylic acids is 2. The van der Waals surface area contributed by atoms with E-state index >= 15 is 0 Å². The normalized spacial score (nSPS) is 18.0. The van der Waals surface area contributed by atoms with E-state index in [1.807, 2.05) is 35.8 Å². The van der Waals surface area contributed by atoms with Gasteiger partial charge in [-0.3, -0.25) is 9.59 Å². The highest BCUT2D eigenvalue weighted by Crippen LogP contribution is 2.31. The average Bonchev–Trinajstić information content (AvgIpc) is 3.41. The maximum absolute atomic E-state index is 12.8. The lowest BCUT2D eigenvalue weighted by Crippen LogP contribution is -2.51. The zero-order chi connectivity index (χ0) is 16.6. The zero-order valence-corrected chi connectivity index (χ0v) is 14.1. The Labute approximate surface area is 137 Å². The number of hydrogen-bond donors (Lipinski definition) is 0. The Kier molecular flexibility index (Phi) is 4.28. The minimum absolute atomic E-state index is 0.0479. The van der Waals surface area contributed by atoms with E-state index in [0.29, 0.717) is 26.2 Å². The first-order valence-electron chi connectivity index (χ1n) is 8.25. The van der Waals surface area contributed by atoms with Gasteiger partial charge in [-0.05, 0) is 49.9 Å². The van der Waals surface area contributed by atoms with Crippen molar-refractivity contribution in [3.05, 3.63) is 28.8 Å². The molecule has 0 N–H and O–H groups in total. The van der Waals surface area contributed by atoms with Crippen molar-refractivity contribution in [2.24, 2.45) is 5.92 Å². The summed E-state index contributed by atoms with van der Waals surface area (Å²) in [5.41, 5.74) is 2.69. The molecule has 5 heteroatoms. The van der Waals surface area contributed by atoms with Gasteiger partial charge in [-0.25, -0.2) is 0 Å². The van der Waals surface area contributed by atoms with Crippen LogP contribution in [0.1, 0.15) is 34.3 Å². The number of amides is 2. The third-order valence-corrected chi connectivity index (χ3v) is 4.99. The molecule has 23 heavy (non-hydrogen) atoms. The van der Waals surface area contributed by atoms with Crippen LogP contribution in [-0.4, -0.2) is 54.9 Å². The molecule has 0 spiro atoms. The van der Waals surface area contributed by atoms with Gasteiger partial charge in [0.05, 0.1) is 7.11 Å². The molecule has 1 aliphatic carbocycles. The molecule has 2 aliphatic rings. The number of benzene rings is 1. The van der Waals surface area contributed by atoms with E-state index in [9.17, 15) is 9.59 Å². The lowest BCUT2D eigenvalue weighted by atomic mass is 10.0. The van der Waals surface area contributed by atoms with Crippen LogP contribution in [0.15, 0.2) is 12.1 Å². The van der Waals surface area contributed by atoms with Gasteiger partial charge in [0.1, 0.15) is 5.75 Å². The third kappa shape index (κ3) is 3.05. The molecule has 3 rings (SSSR count).